The molecule has 0 saturated heterocycles. The smallest absolute Gasteiger partial charge is 0.129 e. The van der Waals surface area contributed by atoms with Crippen molar-refractivity contribution in [1.82, 2.24) is 14.9 Å². The Bertz CT molecular complexity index is 901. The zero-order chi connectivity index (χ0) is 18.9. The van der Waals surface area contributed by atoms with Crippen LogP contribution >= 0.6 is 0 Å². The van der Waals surface area contributed by atoms with Crippen LogP contribution in [0.2, 0.25) is 0 Å². The van der Waals surface area contributed by atoms with Gasteiger partial charge in [0.2, 0.25) is 0 Å². The number of aryl methyl sites for hydroxylation is 1. The lowest BCUT2D eigenvalue weighted by molar-refractivity contribution is 0.206. The molecule has 0 spiro atoms. The maximum atomic E-state index is 6.00. The molecule has 1 saturated carbocycles. The highest BCUT2D eigenvalue weighted by Crippen LogP contribution is 2.35. The van der Waals surface area contributed by atoms with Gasteiger partial charge in [0, 0.05) is 25.7 Å². The maximum Gasteiger partial charge on any atom is 0.129 e. The van der Waals surface area contributed by atoms with Crippen molar-refractivity contribution in [3.63, 3.8) is 0 Å². The fourth-order valence-electron chi connectivity index (χ4n) is 3.86. The minimum absolute atomic E-state index is 0.523. The Balaban J connectivity index is 1.33. The summed E-state index contributed by atoms with van der Waals surface area (Å²) in [5.74, 6) is 1.67. The zero-order valence-corrected chi connectivity index (χ0v) is 16.5. The van der Waals surface area contributed by atoms with Gasteiger partial charge in [0.25, 0.3) is 0 Å². The molecule has 142 valence electrons. The second kappa shape index (κ2) is 7.35. The Labute approximate surface area is 161 Å². The molecule has 27 heavy (non-hydrogen) atoms. The van der Waals surface area contributed by atoms with Crippen molar-refractivity contribution >= 4 is 11.0 Å². The van der Waals surface area contributed by atoms with E-state index in [1.807, 2.05) is 48.3 Å². The zero-order valence-electron chi connectivity index (χ0n) is 16.5. The van der Waals surface area contributed by atoms with Crippen molar-refractivity contribution in [2.75, 3.05) is 0 Å². The molecule has 1 heterocycles. The molecule has 1 aromatic heterocycles. The number of hydrogen-bond donors (Lipinski definition) is 1. The van der Waals surface area contributed by atoms with Crippen LogP contribution in [-0.4, -0.2) is 15.6 Å². The van der Waals surface area contributed by atoms with Crippen LogP contribution in [0.1, 0.15) is 45.1 Å². The lowest BCUT2D eigenvalue weighted by atomic mass is 9.75. The number of benzene rings is 2. The van der Waals surface area contributed by atoms with Crippen LogP contribution < -0.4 is 10.1 Å². The predicted octanol–water partition coefficient (Wildman–Crippen LogP) is 5.42. The Kier molecular flexibility index (Phi) is 4.92. The van der Waals surface area contributed by atoms with Crippen molar-refractivity contribution in [3.05, 3.63) is 54.4 Å². The quantitative estimate of drug-likeness (QED) is 0.657. The topological polar surface area (TPSA) is 39.1 Å². The number of aromatic nitrogens is 2. The first-order valence-corrected chi connectivity index (χ1v) is 9.90. The SMILES string of the molecule is Cn1cnc2cc(Oc3ccc(CNC4CCC(C)(C)CC4)cc3)ccc21. The first-order valence-electron chi connectivity index (χ1n) is 9.90. The molecule has 4 heteroatoms. The van der Waals surface area contributed by atoms with Crippen molar-refractivity contribution in [2.45, 2.75) is 52.1 Å². The summed E-state index contributed by atoms with van der Waals surface area (Å²) in [7, 11) is 2.00. The van der Waals surface area contributed by atoms with Gasteiger partial charge >= 0.3 is 0 Å². The summed E-state index contributed by atoms with van der Waals surface area (Å²) in [5, 5.41) is 3.72. The normalized spacial score (nSPS) is 17.3. The summed E-state index contributed by atoms with van der Waals surface area (Å²) < 4.78 is 8.01. The van der Waals surface area contributed by atoms with Crippen LogP contribution in [0.5, 0.6) is 11.5 Å². The lowest BCUT2D eigenvalue weighted by Gasteiger charge is -2.34. The van der Waals surface area contributed by atoms with E-state index < -0.39 is 0 Å². The highest BCUT2D eigenvalue weighted by molar-refractivity contribution is 5.77. The summed E-state index contributed by atoms with van der Waals surface area (Å²) >= 11 is 0. The second-order valence-electron chi connectivity index (χ2n) is 8.57. The number of nitrogens with one attached hydrogen (secondary N) is 1. The molecule has 1 aliphatic carbocycles. The van der Waals surface area contributed by atoms with Crippen molar-refractivity contribution in [2.24, 2.45) is 12.5 Å². The summed E-state index contributed by atoms with van der Waals surface area (Å²) in [6.07, 6.45) is 7.02. The van der Waals surface area contributed by atoms with Gasteiger partial charge in [-0.15, -0.1) is 0 Å². The van der Waals surface area contributed by atoms with E-state index in [0.717, 1.165) is 29.1 Å². The molecular formula is C23H29N3O. The molecule has 1 fully saturated rings. The van der Waals surface area contributed by atoms with Gasteiger partial charge in [0.05, 0.1) is 17.4 Å². The van der Waals surface area contributed by atoms with Gasteiger partial charge in [-0.2, -0.15) is 0 Å². The van der Waals surface area contributed by atoms with E-state index in [9.17, 15) is 0 Å². The highest BCUT2D eigenvalue weighted by atomic mass is 16.5. The molecule has 4 rings (SSSR count). The van der Waals surface area contributed by atoms with Gasteiger partial charge in [-0.05, 0) is 60.9 Å². The van der Waals surface area contributed by atoms with Crippen LogP contribution in [-0.2, 0) is 13.6 Å². The van der Waals surface area contributed by atoms with Gasteiger partial charge in [0.15, 0.2) is 0 Å². The fourth-order valence-corrected chi connectivity index (χ4v) is 3.86. The molecule has 0 amide bonds. The lowest BCUT2D eigenvalue weighted by Crippen LogP contribution is -2.35. The Morgan fingerprint density at radius 3 is 2.52 bits per heavy atom. The van der Waals surface area contributed by atoms with E-state index in [1.54, 1.807) is 0 Å². The third-order valence-electron chi connectivity index (χ3n) is 5.79. The van der Waals surface area contributed by atoms with E-state index in [4.69, 9.17) is 4.74 Å². The Morgan fingerprint density at radius 2 is 1.78 bits per heavy atom. The number of imidazole rings is 1. The molecule has 1 N–H and O–H groups in total. The predicted molar refractivity (Wildman–Crippen MR) is 110 cm³/mol. The molecule has 3 aromatic rings. The molecule has 4 nitrogen and oxygen atoms in total. The van der Waals surface area contributed by atoms with Gasteiger partial charge in [-0.3, -0.25) is 0 Å². The maximum absolute atomic E-state index is 6.00. The van der Waals surface area contributed by atoms with E-state index in [-0.39, 0.29) is 0 Å². The summed E-state index contributed by atoms with van der Waals surface area (Å²) in [5.41, 5.74) is 3.88. The van der Waals surface area contributed by atoms with Crippen LogP contribution in [0.4, 0.5) is 0 Å². The van der Waals surface area contributed by atoms with Gasteiger partial charge in [0.1, 0.15) is 11.5 Å². The third kappa shape index (κ3) is 4.33. The van der Waals surface area contributed by atoms with E-state index in [2.05, 4.69) is 36.3 Å². The van der Waals surface area contributed by atoms with Crippen LogP contribution in [0, 0.1) is 5.41 Å². The van der Waals surface area contributed by atoms with Gasteiger partial charge in [-0.25, -0.2) is 4.98 Å². The number of fused-ring (bicyclic) bond motifs is 1. The van der Waals surface area contributed by atoms with Gasteiger partial charge < -0.3 is 14.6 Å². The minimum Gasteiger partial charge on any atom is -0.457 e. The average Bonchev–Trinajstić information content (AvgIpc) is 3.02. The summed E-state index contributed by atoms with van der Waals surface area (Å²) in [6, 6.07) is 15.1. The van der Waals surface area contributed by atoms with E-state index in [0.29, 0.717) is 11.5 Å². The Morgan fingerprint density at radius 1 is 1.07 bits per heavy atom. The van der Waals surface area contributed by atoms with Crippen molar-refractivity contribution in [1.29, 1.82) is 0 Å². The molecule has 1 aliphatic rings. The molecular weight excluding hydrogens is 334 g/mol. The molecule has 0 aliphatic heterocycles. The summed E-state index contributed by atoms with van der Waals surface area (Å²) in [4.78, 5) is 4.39. The highest BCUT2D eigenvalue weighted by Gasteiger charge is 2.26. The molecule has 0 radical (unpaired) electrons. The third-order valence-corrected chi connectivity index (χ3v) is 5.79. The van der Waals surface area contributed by atoms with Crippen molar-refractivity contribution < 1.29 is 4.74 Å². The second-order valence-corrected chi connectivity index (χ2v) is 8.57. The molecule has 0 unspecified atom stereocenters. The average molecular weight is 364 g/mol. The largest absolute Gasteiger partial charge is 0.457 e. The van der Waals surface area contributed by atoms with Crippen LogP contribution in [0.3, 0.4) is 0 Å². The summed E-state index contributed by atoms with van der Waals surface area (Å²) in [6.45, 7) is 5.69. The number of rotatable bonds is 5. The Hall–Kier alpha value is -2.33. The molecule has 0 bridgehead atoms. The molecule has 2 aromatic carbocycles. The van der Waals surface area contributed by atoms with E-state index >= 15 is 0 Å². The standard InChI is InChI=1S/C23H29N3O/c1-23(2)12-10-18(11-13-23)24-15-17-4-6-19(7-5-17)27-20-8-9-22-21(14-20)25-16-26(22)3/h4-9,14,16,18,24H,10-13,15H2,1-3H3. The van der Waals surface area contributed by atoms with E-state index in [1.165, 1.54) is 31.2 Å². The monoisotopic (exact) mass is 363 g/mol. The number of nitrogens with zero attached hydrogens (tertiary/aromatic N) is 2. The number of ether oxygens (including phenoxy) is 1. The first-order chi connectivity index (χ1) is 13.0. The fraction of sp³-hybridized carbons (Fsp3) is 0.435. The minimum atomic E-state index is 0.523. The van der Waals surface area contributed by atoms with Crippen LogP contribution in [0.15, 0.2) is 48.8 Å². The van der Waals surface area contributed by atoms with Crippen LogP contribution in [0.25, 0.3) is 11.0 Å². The van der Waals surface area contributed by atoms with Gasteiger partial charge in [-0.1, -0.05) is 26.0 Å². The first kappa shape index (κ1) is 18.1. The number of hydrogen-bond acceptors (Lipinski definition) is 3. The molecule has 0 atom stereocenters. The van der Waals surface area contributed by atoms with Crippen molar-refractivity contribution in [3.8, 4) is 11.5 Å².